The van der Waals surface area contributed by atoms with Gasteiger partial charge in [-0.1, -0.05) is 53.5 Å². The number of hydrogen-bond donors (Lipinski definition) is 2. The number of hydrogen-bond acceptors (Lipinski definition) is 9. The molecule has 0 saturated carbocycles. The minimum atomic E-state index is -4.69. The van der Waals surface area contributed by atoms with Crippen molar-refractivity contribution in [2.75, 3.05) is 39.9 Å². The molecule has 2 N–H and O–H groups in total. The molecule has 0 bridgehead atoms. The summed E-state index contributed by atoms with van der Waals surface area (Å²) >= 11 is 13.4. The molecule has 0 spiro atoms. The highest BCUT2D eigenvalue weighted by Crippen LogP contribution is 2.46. The molecule has 276 valence electrons. The van der Waals surface area contributed by atoms with Crippen molar-refractivity contribution in [3.63, 3.8) is 0 Å². The van der Waals surface area contributed by atoms with E-state index in [1.807, 2.05) is 0 Å². The number of esters is 1. The zero-order valence-electron chi connectivity index (χ0n) is 27.7. The Hall–Kier alpha value is -3.70. The highest BCUT2D eigenvalue weighted by molar-refractivity contribution is 7.89. The number of amides is 1. The fourth-order valence-corrected chi connectivity index (χ4v) is 9.48. The van der Waals surface area contributed by atoms with Crippen LogP contribution >= 0.6 is 34.5 Å². The van der Waals surface area contributed by atoms with E-state index in [0.29, 0.717) is 10.0 Å². The summed E-state index contributed by atoms with van der Waals surface area (Å²) in [6.07, 6.45) is -4.69. The fourth-order valence-electron chi connectivity index (χ4n) is 6.49. The highest BCUT2D eigenvalue weighted by Gasteiger charge is 2.55. The number of benzene rings is 3. The molecule has 10 nitrogen and oxygen atoms in total. The van der Waals surface area contributed by atoms with Gasteiger partial charge in [0.05, 0.1) is 31.4 Å². The van der Waals surface area contributed by atoms with Crippen LogP contribution in [0.1, 0.15) is 50.9 Å². The first-order valence-corrected chi connectivity index (χ1v) is 19.1. The Morgan fingerprint density at radius 3 is 1.96 bits per heavy atom. The van der Waals surface area contributed by atoms with Crippen molar-refractivity contribution in [1.29, 1.82) is 0 Å². The van der Waals surface area contributed by atoms with Gasteiger partial charge in [0, 0.05) is 41.8 Å². The third-order valence-corrected chi connectivity index (χ3v) is 12.5. The number of nitrogens with one attached hydrogen (secondary N) is 2. The first-order valence-electron chi connectivity index (χ1n) is 16.1. The summed E-state index contributed by atoms with van der Waals surface area (Å²) in [4.78, 5) is 28.5. The Morgan fingerprint density at radius 2 is 1.46 bits per heavy atom. The molecule has 2 unspecified atom stereocenters. The number of carbonyl (C=O) groups excluding carboxylic acids is 2. The minimum Gasteiger partial charge on any atom is -0.493 e. The molecule has 3 heterocycles. The van der Waals surface area contributed by atoms with E-state index in [2.05, 4.69) is 10.6 Å². The van der Waals surface area contributed by atoms with Crippen LogP contribution in [0.25, 0.3) is 0 Å². The van der Waals surface area contributed by atoms with Crippen LogP contribution < -0.4 is 15.4 Å². The lowest BCUT2D eigenvalue weighted by atomic mass is 9.94. The van der Waals surface area contributed by atoms with Gasteiger partial charge in [0.1, 0.15) is 15.5 Å². The van der Waals surface area contributed by atoms with Gasteiger partial charge in [-0.3, -0.25) is 15.4 Å². The summed E-state index contributed by atoms with van der Waals surface area (Å²) in [5.74, 6) is -1.51. The quantitative estimate of drug-likeness (QED) is 0.182. The van der Waals surface area contributed by atoms with Crippen molar-refractivity contribution < 1.29 is 40.7 Å². The lowest BCUT2D eigenvalue weighted by molar-refractivity contribution is -0.141. The summed E-state index contributed by atoms with van der Waals surface area (Å²) in [5.41, 5.74) is -1.26. The van der Waals surface area contributed by atoms with Gasteiger partial charge in [0.15, 0.2) is 5.66 Å². The molecule has 1 amide bonds. The standard InChI is InChI=1S/C35H33Cl2F3N4O6S2/c1-3-50-27-20-23(35(38,39)40)8-13-26(27)34(41-29(21-4-9-24(36)10-5-21)30(42-34)22-6-11-25(37)12-7-22)33(46)43-15-17-44(18-16-43)52(47,48)28-14-19-51-31(28)32(45)49-2/h4-14,19-20,29-30,41-42H,3,15-18H2,1-2H3. The first-order chi connectivity index (χ1) is 24.7. The second kappa shape index (κ2) is 15.0. The van der Waals surface area contributed by atoms with Crippen LogP contribution in [0.3, 0.4) is 0 Å². The van der Waals surface area contributed by atoms with E-state index in [0.717, 1.165) is 41.7 Å². The lowest BCUT2D eigenvalue weighted by Crippen LogP contribution is -2.62. The Kier molecular flexibility index (Phi) is 11.0. The van der Waals surface area contributed by atoms with Gasteiger partial charge in [-0.15, -0.1) is 11.3 Å². The van der Waals surface area contributed by atoms with Crippen molar-refractivity contribution in [2.24, 2.45) is 0 Å². The van der Waals surface area contributed by atoms with E-state index < -0.39 is 51.4 Å². The number of piperazine rings is 1. The second-order valence-corrected chi connectivity index (χ2v) is 15.7. The number of rotatable bonds is 9. The van der Waals surface area contributed by atoms with E-state index >= 15 is 4.79 Å². The van der Waals surface area contributed by atoms with Crippen molar-refractivity contribution in [2.45, 2.75) is 35.7 Å². The molecule has 2 aliphatic heterocycles. The van der Waals surface area contributed by atoms with E-state index in [1.54, 1.807) is 55.5 Å². The van der Waals surface area contributed by atoms with Crippen molar-refractivity contribution in [1.82, 2.24) is 19.8 Å². The van der Waals surface area contributed by atoms with Crippen LogP contribution in [0, 0.1) is 0 Å². The minimum absolute atomic E-state index is 0.00643. The third kappa shape index (κ3) is 7.27. The summed E-state index contributed by atoms with van der Waals surface area (Å²) in [6, 6.07) is 17.0. The first kappa shape index (κ1) is 38.0. The van der Waals surface area contributed by atoms with Crippen LogP contribution in [-0.2, 0) is 31.4 Å². The summed E-state index contributed by atoms with van der Waals surface area (Å²) < 4.78 is 80.9. The van der Waals surface area contributed by atoms with Crippen LogP contribution in [0.4, 0.5) is 13.2 Å². The summed E-state index contributed by atoms with van der Waals surface area (Å²) in [5, 5.41) is 9.33. The molecule has 3 aromatic carbocycles. The summed E-state index contributed by atoms with van der Waals surface area (Å²) in [7, 11) is -2.98. The molecule has 52 heavy (non-hydrogen) atoms. The predicted molar refractivity (Wildman–Crippen MR) is 190 cm³/mol. The van der Waals surface area contributed by atoms with Crippen molar-refractivity contribution in [3.8, 4) is 5.75 Å². The van der Waals surface area contributed by atoms with Gasteiger partial charge in [-0.05, 0) is 65.9 Å². The van der Waals surface area contributed by atoms with Crippen LogP contribution in [-0.4, -0.2) is 69.4 Å². The van der Waals surface area contributed by atoms with Gasteiger partial charge < -0.3 is 14.4 Å². The monoisotopic (exact) mass is 796 g/mol. The zero-order valence-corrected chi connectivity index (χ0v) is 30.9. The number of sulfonamides is 1. The van der Waals surface area contributed by atoms with E-state index in [9.17, 15) is 26.4 Å². The smallest absolute Gasteiger partial charge is 0.416 e. The van der Waals surface area contributed by atoms with Gasteiger partial charge in [-0.2, -0.15) is 17.5 Å². The highest BCUT2D eigenvalue weighted by atomic mass is 35.5. The van der Waals surface area contributed by atoms with Crippen LogP contribution in [0.5, 0.6) is 5.75 Å². The van der Waals surface area contributed by atoms with Crippen molar-refractivity contribution in [3.05, 3.63) is 115 Å². The number of nitrogens with zero attached hydrogens (tertiary/aromatic N) is 2. The van der Waals surface area contributed by atoms with Gasteiger partial charge in [0.25, 0.3) is 5.91 Å². The average Bonchev–Trinajstić information content (AvgIpc) is 3.79. The molecule has 2 aliphatic rings. The average molecular weight is 798 g/mol. The maximum atomic E-state index is 15.0. The Morgan fingerprint density at radius 1 is 0.904 bits per heavy atom. The molecule has 4 aromatic rings. The maximum Gasteiger partial charge on any atom is 0.416 e. The number of thiophene rings is 1. The SMILES string of the molecule is CCOc1cc(C(F)(F)F)ccc1C1(C(=O)N2CCN(S(=O)(=O)c3ccsc3C(=O)OC)CC2)NC(c2ccc(Cl)cc2)C(c2ccc(Cl)cc2)N1. The molecular weight excluding hydrogens is 764 g/mol. The van der Waals surface area contributed by atoms with E-state index in [1.165, 1.54) is 26.7 Å². The Balaban J connectivity index is 1.42. The van der Waals surface area contributed by atoms with Crippen LogP contribution in [0.15, 0.2) is 83.1 Å². The molecule has 2 saturated heterocycles. The van der Waals surface area contributed by atoms with E-state index in [4.69, 9.17) is 32.7 Å². The predicted octanol–water partition coefficient (Wildman–Crippen LogP) is 6.62. The molecule has 2 fully saturated rings. The largest absolute Gasteiger partial charge is 0.493 e. The number of ether oxygens (including phenoxy) is 2. The Labute approximate surface area is 312 Å². The molecule has 6 rings (SSSR count). The second-order valence-electron chi connectivity index (χ2n) is 12.0. The summed E-state index contributed by atoms with van der Waals surface area (Å²) in [6.45, 7) is 1.26. The molecule has 0 radical (unpaired) electrons. The van der Waals surface area contributed by atoms with Gasteiger partial charge in [-0.25, -0.2) is 13.2 Å². The fraction of sp³-hybridized carbons (Fsp3) is 0.314. The zero-order chi connectivity index (χ0) is 37.4. The molecule has 2 atom stereocenters. The molecule has 17 heteroatoms. The number of methoxy groups -OCH3 is 1. The van der Waals surface area contributed by atoms with Gasteiger partial charge in [0.2, 0.25) is 10.0 Å². The lowest BCUT2D eigenvalue weighted by Gasteiger charge is -2.40. The normalized spacial score (nSPS) is 21.2. The van der Waals surface area contributed by atoms with Crippen LogP contribution in [0.2, 0.25) is 10.0 Å². The number of halogens is 5. The molecular formula is C35H33Cl2F3N4O6S2. The van der Waals surface area contributed by atoms with E-state index in [-0.39, 0.29) is 53.9 Å². The molecule has 1 aromatic heterocycles. The third-order valence-electron chi connectivity index (χ3n) is 9.01. The Bertz CT molecular complexity index is 2000. The van der Waals surface area contributed by atoms with Crippen molar-refractivity contribution >= 4 is 56.4 Å². The molecule has 0 aliphatic carbocycles. The maximum absolute atomic E-state index is 15.0. The van der Waals surface area contributed by atoms with Gasteiger partial charge >= 0.3 is 12.1 Å². The topological polar surface area (TPSA) is 117 Å². The number of alkyl halides is 3. The number of carbonyl (C=O) groups is 2.